The fourth-order valence-corrected chi connectivity index (χ4v) is 3.47. The number of nitrogens with zero attached hydrogens (tertiary/aromatic N) is 3. The first kappa shape index (κ1) is 16.7. The van der Waals surface area contributed by atoms with Gasteiger partial charge in [0.1, 0.15) is 0 Å². The number of aromatic nitrogens is 2. The number of ether oxygens (including phenoxy) is 1. The Kier molecular flexibility index (Phi) is 4.42. The van der Waals surface area contributed by atoms with Gasteiger partial charge in [-0.3, -0.25) is 0 Å². The SMILES string of the molecule is Cc1ccc(N)cc1-c1cc(N2CCOCC2)c(S(C)(=O)=O)nn1. The summed E-state index contributed by atoms with van der Waals surface area (Å²) in [6.07, 6.45) is 1.15. The van der Waals surface area contributed by atoms with E-state index >= 15 is 0 Å². The summed E-state index contributed by atoms with van der Waals surface area (Å²) in [5.74, 6) is 0. The Morgan fingerprint density at radius 3 is 2.54 bits per heavy atom. The number of rotatable bonds is 3. The first-order valence-electron chi connectivity index (χ1n) is 7.63. The average molecular weight is 348 g/mol. The first-order chi connectivity index (χ1) is 11.4. The van der Waals surface area contributed by atoms with Crippen molar-refractivity contribution in [2.24, 2.45) is 0 Å². The number of hydrogen-bond acceptors (Lipinski definition) is 7. The van der Waals surface area contributed by atoms with Gasteiger partial charge in [-0.2, -0.15) is 0 Å². The number of aryl methyl sites for hydroxylation is 1. The largest absolute Gasteiger partial charge is 0.399 e. The number of nitrogen functional groups attached to an aromatic ring is 1. The Morgan fingerprint density at radius 1 is 1.17 bits per heavy atom. The minimum absolute atomic E-state index is 0.00490. The highest BCUT2D eigenvalue weighted by molar-refractivity contribution is 7.90. The van der Waals surface area contributed by atoms with E-state index in [0.29, 0.717) is 43.4 Å². The summed E-state index contributed by atoms with van der Waals surface area (Å²) >= 11 is 0. The van der Waals surface area contributed by atoms with Crippen LogP contribution in [0.1, 0.15) is 5.56 Å². The van der Waals surface area contributed by atoms with Crippen LogP contribution in [0.15, 0.2) is 29.3 Å². The molecule has 0 bridgehead atoms. The van der Waals surface area contributed by atoms with Gasteiger partial charge in [0.2, 0.25) is 5.03 Å². The lowest BCUT2D eigenvalue weighted by Gasteiger charge is -2.29. The molecule has 0 spiro atoms. The molecule has 0 radical (unpaired) electrons. The highest BCUT2D eigenvalue weighted by Gasteiger charge is 2.23. The summed E-state index contributed by atoms with van der Waals surface area (Å²) in [4.78, 5) is 1.97. The van der Waals surface area contributed by atoms with Gasteiger partial charge in [-0.05, 0) is 30.7 Å². The van der Waals surface area contributed by atoms with E-state index in [-0.39, 0.29) is 5.03 Å². The average Bonchev–Trinajstić information content (AvgIpc) is 2.56. The van der Waals surface area contributed by atoms with Crippen LogP contribution in [0, 0.1) is 6.92 Å². The molecule has 24 heavy (non-hydrogen) atoms. The Morgan fingerprint density at radius 2 is 1.88 bits per heavy atom. The lowest BCUT2D eigenvalue weighted by Crippen LogP contribution is -2.37. The molecular formula is C16H20N4O3S. The number of anilines is 2. The van der Waals surface area contributed by atoms with Crippen molar-refractivity contribution in [3.05, 3.63) is 29.8 Å². The quantitative estimate of drug-likeness (QED) is 0.834. The molecule has 0 amide bonds. The van der Waals surface area contributed by atoms with Crippen LogP contribution < -0.4 is 10.6 Å². The van der Waals surface area contributed by atoms with Crippen molar-refractivity contribution in [2.75, 3.05) is 43.2 Å². The molecule has 128 valence electrons. The summed E-state index contributed by atoms with van der Waals surface area (Å²) in [5, 5.41) is 8.14. The molecule has 8 heteroatoms. The molecule has 0 unspecified atom stereocenters. The van der Waals surface area contributed by atoms with E-state index in [1.807, 2.05) is 30.0 Å². The van der Waals surface area contributed by atoms with Crippen molar-refractivity contribution < 1.29 is 13.2 Å². The molecule has 1 fully saturated rings. The maximum Gasteiger partial charge on any atom is 0.200 e. The van der Waals surface area contributed by atoms with Gasteiger partial charge in [-0.1, -0.05) is 6.07 Å². The predicted molar refractivity (Wildman–Crippen MR) is 92.8 cm³/mol. The van der Waals surface area contributed by atoms with Crippen molar-refractivity contribution in [3.8, 4) is 11.3 Å². The molecule has 0 aliphatic carbocycles. The van der Waals surface area contributed by atoms with E-state index in [1.165, 1.54) is 0 Å². The van der Waals surface area contributed by atoms with Crippen molar-refractivity contribution in [2.45, 2.75) is 11.9 Å². The summed E-state index contributed by atoms with van der Waals surface area (Å²) in [5.41, 5.74) is 9.51. The molecule has 2 N–H and O–H groups in total. The summed E-state index contributed by atoms with van der Waals surface area (Å²) in [6, 6.07) is 7.32. The van der Waals surface area contributed by atoms with Crippen molar-refractivity contribution >= 4 is 21.2 Å². The number of sulfone groups is 1. The molecule has 3 rings (SSSR count). The Bertz CT molecular complexity index is 862. The van der Waals surface area contributed by atoms with Gasteiger partial charge in [0, 0.05) is 30.6 Å². The second kappa shape index (κ2) is 6.37. The third kappa shape index (κ3) is 3.34. The number of hydrogen-bond donors (Lipinski definition) is 1. The van der Waals surface area contributed by atoms with Crippen LogP contribution in [-0.2, 0) is 14.6 Å². The van der Waals surface area contributed by atoms with Crippen molar-refractivity contribution in [1.82, 2.24) is 10.2 Å². The smallest absolute Gasteiger partial charge is 0.200 e. The van der Waals surface area contributed by atoms with Crippen molar-refractivity contribution in [1.29, 1.82) is 0 Å². The Labute approximate surface area is 141 Å². The van der Waals surface area contributed by atoms with E-state index in [4.69, 9.17) is 10.5 Å². The predicted octanol–water partition coefficient (Wildman–Crippen LogP) is 1.27. The zero-order chi connectivity index (χ0) is 17.3. The van der Waals surface area contributed by atoms with Gasteiger partial charge < -0.3 is 15.4 Å². The second-order valence-corrected chi connectivity index (χ2v) is 7.80. The monoisotopic (exact) mass is 348 g/mol. The van der Waals surface area contributed by atoms with E-state index in [9.17, 15) is 8.42 Å². The number of benzene rings is 1. The van der Waals surface area contributed by atoms with Crippen LogP contribution >= 0.6 is 0 Å². The van der Waals surface area contributed by atoms with Crippen LogP contribution in [0.3, 0.4) is 0 Å². The van der Waals surface area contributed by atoms with Crippen LogP contribution in [-0.4, -0.2) is 51.2 Å². The van der Waals surface area contributed by atoms with Gasteiger partial charge >= 0.3 is 0 Å². The Balaban J connectivity index is 2.15. The van der Waals surface area contributed by atoms with Gasteiger partial charge in [0.25, 0.3) is 0 Å². The summed E-state index contributed by atoms with van der Waals surface area (Å²) in [7, 11) is -3.48. The number of nitrogens with two attached hydrogens (primary N) is 1. The van der Waals surface area contributed by atoms with Gasteiger partial charge in [-0.25, -0.2) is 8.42 Å². The Hall–Kier alpha value is -2.19. The van der Waals surface area contributed by atoms with Gasteiger partial charge in [0.15, 0.2) is 9.84 Å². The summed E-state index contributed by atoms with van der Waals surface area (Å²) in [6.45, 7) is 4.29. The standard InChI is InChI=1S/C16H20N4O3S/c1-11-3-4-12(17)9-13(11)14-10-15(20-5-7-23-8-6-20)16(19-18-14)24(2,21)22/h3-4,9-10H,5-8,17H2,1-2H3. The zero-order valence-corrected chi connectivity index (χ0v) is 14.5. The topological polar surface area (TPSA) is 98.4 Å². The molecule has 0 saturated carbocycles. The van der Waals surface area contributed by atoms with E-state index in [2.05, 4.69) is 10.2 Å². The van der Waals surface area contributed by atoms with Crippen LogP contribution in [0.25, 0.3) is 11.3 Å². The van der Waals surface area contributed by atoms with Crippen molar-refractivity contribution in [3.63, 3.8) is 0 Å². The van der Waals surface area contributed by atoms with Gasteiger partial charge in [0.05, 0.1) is 24.6 Å². The molecule has 1 aliphatic heterocycles. The molecule has 2 heterocycles. The maximum absolute atomic E-state index is 12.1. The normalized spacial score (nSPS) is 15.5. The molecule has 2 aromatic rings. The van der Waals surface area contributed by atoms with Gasteiger partial charge in [-0.15, -0.1) is 10.2 Å². The number of morpholine rings is 1. The fraction of sp³-hybridized carbons (Fsp3) is 0.375. The lowest BCUT2D eigenvalue weighted by atomic mass is 10.0. The molecule has 1 saturated heterocycles. The molecule has 0 atom stereocenters. The molecule has 1 aromatic carbocycles. The third-order valence-corrected chi connectivity index (χ3v) is 4.97. The highest BCUT2D eigenvalue weighted by Crippen LogP contribution is 2.30. The molecular weight excluding hydrogens is 328 g/mol. The van der Waals surface area contributed by atoms with E-state index < -0.39 is 9.84 Å². The molecule has 1 aromatic heterocycles. The zero-order valence-electron chi connectivity index (χ0n) is 13.7. The molecule has 1 aliphatic rings. The fourth-order valence-electron chi connectivity index (χ4n) is 2.71. The van der Waals surface area contributed by atoms with E-state index in [0.717, 1.165) is 17.4 Å². The third-order valence-electron chi connectivity index (χ3n) is 3.98. The van der Waals surface area contributed by atoms with Crippen LogP contribution in [0.5, 0.6) is 0 Å². The maximum atomic E-state index is 12.1. The lowest BCUT2D eigenvalue weighted by molar-refractivity contribution is 0.122. The minimum Gasteiger partial charge on any atom is -0.399 e. The van der Waals surface area contributed by atoms with Crippen LogP contribution in [0.4, 0.5) is 11.4 Å². The summed E-state index contributed by atoms with van der Waals surface area (Å²) < 4.78 is 29.5. The first-order valence-corrected chi connectivity index (χ1v) is 9.52. The molecule has 7 nitrogen and oxygen atoms in total. The minimum atomic E-state index is -3.48. The second-order valence-electron chi connectivity index (χ2n) is 5.87. The van der Waals surface area contributed by atoms with Crippen LogP contribution in [0.2, 0.25) is 0 Å². The van der Waals surface area contributed by atoms with E-state index in [1.54, 1.807) is 6.07 Å². The highest BCUT2D eigenvalue weighted by atomic mass is 32.2.